The maximum Gasteiger partial charge on any atom is 0.306 e. The SMILES string of the molecule is C=C1N=C(CC)/C=C\C(C)C(CC(C)C(=O)O)(CC2(CC(C)C(=O)O)c3cc4ccccc4cc3-c3nc4ccccc4cc32)c2cc3ccccc3cc21. The highest BCUT2D eigenvalue weighted by Crippen LogP contribution is 2.61. The van der Waals surface area contributed by atoms with Crippen molar-refractivity contribution in [2.75, 3.05) is 0 Å². The average Bonchev–Trinajstić information content (AvgIpc) is 3.43. The summed E-state index contributed by atoms with van der Waals surface area (Å²) in [5, 5.41) is 26.6. The number of allylic oxidation sites excluding steroid dienone is 2. The van der Waals surface area contributed by atoms with Gasteiger partial charge in [-0.05, 0) is 112 Å². The van der Waals surface area contributed by atoms with Crippen LogP contribution in [0.5, 0.6) is 0 Å². The molecule has 8 rings (SSSR count). The monoisotopic (exact) mass is 726 g/mol. The highest BCUT2D eigenvalue weighted by atomic mass is 16.4. The molecular formula is C49H46N2O4. The quantitative estimate of drug-likeness (QED) is 0.154. The van der Waals surface area contributed by atoms with Crippen LogP contribution in [0.25, 0.3) is 49.4 Å². The van der Waals surface area contributed by atoms with E-state index in [1.807, 2.05) is 42.5 Å². The maximum atomic E-state index is 13.1. The molecule has 0 saturated carbocycles. The Bertz CT molecular complexity index is 2530. The smallest absolute Gasteiger partial charge is 0.306 e. The molecule has 0 radical (unpaired) electrons. The van der Waals surface area contributed by atoms with Crippen molar-refractivity contribution in [3.05, 3.63) is 144 Å². The zero-order chi connectivity index (χ0) is 38.6. The van der Waals surface area contributed by atoms with Crippen molar-refractivity contribution in [1.29, 1.82) is 0 Å². The molecule has 1 aliphatic heterocycles. The van der Waals surface area contributed by atoms with Crippen LogP contribution in [0.1, 0.15) is 75.6 Å². The molecule has 2 N–H and O–H groups in total. The van der Waals surface area contributed by atoms with Crippen LogP contribution < -0.4 is 0 Å². The minimum absolute atomic E-state index is 0.199. The van der Waals surface area contributed by atoms with Crippen LogP contribution in [0.2, 0.25) is 0 Å². The molecule has 0 bridgehead atoms. The molecule has 5 unspecified atom stereocenters. The molecule has 2 heterocycles. The van der Waals surface area contributed by atoms with E-state index in [2.05, 4.69) is 93.2 Å². The van der Waals surface area contributed by atoms with Crippen LogP contribution in [0.4, 0.5) is 0 Å². The second-order valence-electron chi connectivity index (χ2n) is 15.9. The second-order valence-corrected chi connectivity index (χ2v) is 15.9. The molecule has 276 valence electrons. The van der Waals surface area contributed by atoms with E-state index in [0.29, 0.717) is 31.4 Å². The number of carbonyl (C=O) groups is 2. The lowest BCUT2D eigenvalue weighted by molar-refractivity contribution is -0.142. The summed E-state index contributed by atoms with van der Waals surface area (Å²) in [6.45, 7) is 12.4. The molecule has 0 amide bonds. The van der Waals surface area contributed by atoms with Crippen LogP contribution in [0.3, 0.4) is 0 Å². The van der Waals surface area contributed by atoms with Crippen molar-refractivity contribution < 1.29 is 19.8 Å². The van der Waals surface area contributed by atoms with Gasteiger partial charge in [0.05, 0.1) is 28.7 Å². The summed E-state index contributed by atoms with van der Waals surface area (Å²) in [7, 11) is 0. The highest BCUT2D eigenvalue weighted by molar-refractivity contribution is 6.00. The third-order valence-electron chi connectivity index (χ3n) is 12.5. The van der Waals surface area contributed by atoms with Crippen LogP contribution in [0.15, 0.2) is 127 Å². The summed E-state index contributed by atoms with van der Waals surface area (Å²) in [5.74, 6) is -3.40. The lowest BCUT2D eigenvalue weighted by Gasteiger charge is -2.48. The highest BCUT2D eigenvalue weighted by Gasteiger charge is 2.54. The lowest BCUT2D eigenvalue weighted by Crippen LogP contribution is -2.45. The molecule has 5 aromatic carbocycles. The van der Waals surface area contributed by atoms with Crippen molar-refractivity contribution in [2.45, 2.75) is 64.2 Å². The first-order valence-electron chi connectivity index (χ1n) is 19.3. The number of hydrogen-bond donors (Lipinski definition) is 2. The van der Waals surface area contributed by atoms with E-state index >= 15 is 0 Å². The first kappa shape index (κ1) is 36.1. The van der Waals surface area contributed by atoms with Gasteiger partial charge in [0.25, 0.3) is 0 Å². The number of aliphatic carboxylic acids is 2. The van der Waals surface area contributed by atoms with E-state index in [1.54, 1.807) is 13.8 Å². The number of carboxylic acids is 2. The van der Waals surface area contributed by atoms with Gasteiger partial charge in [0.2, 0.25) is 0 Å². The molecular weight excluding hydrogens is 681 g/mol. The number of rotatable bonds is 9. The van der Waals surface area contributed by atoms with Gasteiger partial charge in [-0.15, -0.1) is 0 Å². The third kappa shape index (κ3) is 6.05. The number of hydrogen-bond acceptors (Lipinski definition) is 4. The molecule has 0 spiro atoms. The normalized spacial score (nSPS) is 22.1. The second kappa shape index (κ2) is 13.8. The van der Waals surface area contributed by atoms with Gasteiger partial charge in [0.15, 0.2) is 0 Å². The molecule has 0 fully saturated rings. The number of pyridine rings is 1. The van der Waals surface area contributed by atoms with E-state index in [4.69, 9.17) is 9.98 Å². The fourth-order valence-corrected chi connectivity index (χ4v) is 9.60. The Morgan fingerprint density at radius 3 is 1.87 bits per heavy atom. The van der Waals surface area contributed by atoms with E-state index in [0.717, 1.165) is 71.7 Å². The summed E-state index contributed by atoms with van der Waals surface area (Å²) in [6, 6.07) is 35.7. The van der Waals surface area contributed by atoms with Crippen LogP contribution in [0, 0.1) is 17.8 Å². The number of fused-ring (bicyclic) bond motifs is 7. The summed E-state index contributed by atoms with van der Waals surface area (Å²) in [4.78, 5) is 36.5. The van der Waals surface area contributed by atoms with E-state index in [-0.39, 0.29) is 5.92 Å². The zero-order valence-electron chi connectivity index (χ0n) is 31.8. The zero-order valence-corrected chi connectivity index (χ0v) is 31.8. The number of nitrogens with zero attached hydrogens (tertiary/aromatic N) is 2. The number of benzene rings is 5. The Kier molecular flexibility index (Phi) is 9.03. The molecule has 6 nitrogen and oxygen atoms in total. The van der Waals surface area contributed by atoms with Gasteiger partial charge in [-0.1, -0.05) is 107 Å². The van der Waals surface area contributed by atoms with Crippen molar-refractivity contribution >= 4 is 55.8 Å². The molecule has 6 aromatic rings. The van der Waals surface area contributed by atoms with Gasteiger partial charge in [0, 0.05) is 33.1 Å². The molecule has 1 aliphatic carbocycles. The molecule has 55 heavy (non-hydrogen) atoms. The molecule has 5 atom stereocenters. The first-order chi connectivity index (χ1) is 26.4. The molecule has 2 aliphatic rings. The van der Waals surface area contributed by atoms with Gasteiger partial charge >= 0.3 is 11.9 Å². The Hall–Kier alpha value is -5.88. The van der Waals surface area contributed by atoms with Crippen molar-refractivity contribution in [1.82, 2.24) is 4.98 Å². The number of aliphatic imine (C=N–C) groups is 1. The Balaban J connectivity index is 1.53. The standard InChI is InChI=1S/C49H46N2O4/c1-6-38-20-19-31(4)48(26-29(2)46(52)53,41-23-35-15-9-7-13-33(35)21-39(41)32(5)50-38)28-49(27-30(3)47(54)55)42-24-36-16-10-8-14-34(36)22-40(42)45-43(49)25-37-17-11-12-18-44(37)51-45/h7-25,29-31H,5-6,26-28H2,1-4H3,(H,52,53)(H,54,55)/b20-19-,50-38?. The predicted molar refractivity (Wildman–Crippen MR) is 224 cm³/mol. The van der Waals surface area contributed by atoms with Crippen molar-refractivity contribution in [3.8, 4) is 11.3 Å². The van der Waals surface area contributed by atoms with E-state index in [1.165, 1.54) is 0 Å². The molecule has 6 heteroatoms. The first-order valence-corrected chi connectivity index (χ1v) is 19.3. The summed E-state index contributed by atoms with van der Waals surface area (Å²) >= 11 is 0. The number of para-hydroxylation sites is 1. The predicted octanol–water partition coefficient (Wildman–Crippen LogP) is 11.4. The van der Waals surface area contributed by atoms with Crippen molar-refractivity contribution in [3.63, 3.8) is 0 Å². The Morgan fingerprint density at radius 1 is 0.727 bits per heavy atom. The fourth-order valence-electron chi connectivity index (χ4n) is 9.60. The van der Waals surface area contributed by atoms with E-state index in [9.17, 15) is 19.8 Å². The van der Waals surface area contributed by atoms with Crippen LogP contribution in [-0.4, -0.2) is 32.8 Å². The third-order valence-corrected chi connectivity index (χ3v) is 12.5. The van der Waals surface area contributed by atoms with E-state index < -0.39 is 34.6 Å². The summed E-state index contributed by atoms with van der Waals surface area (Å²) in [5.41, 5.74) is 6.38. The lowest BCUT2D eigenvalue weighted by atomic mass is 9.54. The minimum atomic E-state index is -0.878. The Labute approximate surface area is 322 Å². The van der Waals surface area contributed by atoms with Gasteiger partial charge in [-0.3, -0.25) is 14.6 Å². The van der Waals surface area contributed by atoms with Crippen LogP contribution in [-0.2, 0) is 20.4 Å². The minimum Gasteiger partial charge on any atom is -0.481 e. The Morgan fingerprint density at radius 2 is 1.25 bits per heavy atom. The van der Waals surface area contributed by atoms with Gasteiger partial charge in [-0.2, -0.15) is 0 Å². The summed E-state index contributed by atoms with van der Waals surface area (Å²) in [6.07, 6.45) is 6.00. The van der Waals surface area contributed by atoms with Gasteiger partial charge < -0.3 is 10.2 Å². The van der Waals surface area contributed by atoms with Crippen LogP contribution >= 0.6 is 0 Å². The van der Waals surface area contributed by atoms with Crippen molar-refractivity contribution in [2.24, 2.45) is 22.7 Å². The molecule has 1 aromatic heterocycles. The fraction of sp³-hybridized carbons (Fsp3) is 0.265. The number of aromatic nitrogens is 1. The average molecular weight is 727 g/mol. The maximum absolute atomic E-state index is 13.1. The van der Waals surface area contributed by atoms with Gasteiger partial charge in [0.1, 0.15) is 0 Å². The number of carboxylic acid groups (broad SMARTS) is 2. The topological polar surface area (TPSA) is 99.8 Å². The largest absolute Gasteiger partial charge is 0.481 e. The van der Waals surface area contributed by atoms with Gasteiger partial charge in [-0.25, -0.2) is 4.98 Å². The molecule has 0 saturated heterocycles. The summed E-state index contributed by atoms with van der Waals surface area (Å²) < 4.78 is 0.